The van der Waals surface area contributed by atoms with Gasteiger partial charge in [0.1, 0.15) is 6.04 Å². The maximum atomic E-state index is 12.2. The van der Waals surface area contributed by atoms with Gasteiger partial charge in [0.15, 0.2) is 0 Å². The standard InChI is InChI=1S/C18H14N2O5/c19-10-12-3-5-13(6-4-12)16(21)20-15(18(24)25)9-11-1-7-14(8-2-11)17(22)23/h1-8,15H,9H2,(H,20,21)(H,22,23)(H,24,25)/t15-/m0/s1. The smallest absolute Gasteiger partial charge is 0.335 e. The average molecular weight is 338 g/mol. The lowest BCUT2D eigenvalue weighted by Crippen LogP contribution is -2.42. The minimum Gasteiger partial charge on any atom is -0.480 e. The van der Waals surface area contributed by atoms with Crippen LogP contribution in [0.4, 0.5) is 0 Å². The van der Waals surface area contributed by atoms with Gasteiger partial charge in [-0.05, 0) is 42.0 Å². The van der Waals surface area contributed by atoms with E-state index in [1.165, 1.54) is 48.5 Å². The van der Waals surface area contributed by atoms with Gasteiger partial charge in [-0.3, -0.25) is 4.79 Å². The summed E-state index contributed by atoms with van der Waals surface area (Å²) in [7, 11) is 0. The quantitative estimate of drug-likeness (QED) is 0.735. The summed E-state index contributed by atoms with van der Waals surface area (Å²) >= 11 is 0. The Bertz CT molecular complexity index is 835. The fourth-order valence-corrected chi connectivity index (χ4v) is 2.16. The van der Waals surface area contributed by atoms with Crippen molar-refractivity contribution in [1.29, 1.82) is 5.26 Å². The van der Waals surface area contributed by atoms with Crippen molar-refractivity contribution in [3.63, 3.8) is 0 Å². The Kier molecular flexibility index (Phi) is 5.48. The van der Waals surface area contributed by atoms with Crippen molar-refractivity contribution in [2.75, 3.05) is 0 Å². The third-order valence-corrected chi connectivity index (χ3v) is 3.52. The van der Waals surface area contributed by atoms with Gasteiger partial charge in [0.05, 0.1) is 17.2 Å². The number of nitriles is 1. The number of benzene rings is 2. The van der Waals surface area contributed by atoms with Gasteiger partial charge in [-0.1, -0.05) is 12.1 Å². The second kappa shape index (κ2) is 7.75. The van der Waals surface area contributed by atoms with E-state index in [2.05, 4.69) is 5.32 Å². The number of nitrogens with zero attached hydrogens (tertiary/aromatic N) is 1. The molecule has 0 aliphatic rings. The van der Waals surface area contributed by atoms with Crippen LogP contribution >= 0.6 is 0 Å². The van der Waals surface area contributed by atoms with Gasteiger partial charge in [0.2, 0.25) is 0 Å². The van der Waals surface area contributed by atoms with Crippen molar-refractivity contribution in [2.24, 2.45) is 0 Å². The molecule has 2 rings (SSSR count). The topological polar surface area (TPSA) is 127 Å². The van der Waals surface area contributed by atoms with Crippen LogP contribution in [0.5, 0.6) is 0 Å². The molecule has 0 aromatic heterocycles. The number of carboxylic acids is 2. The molecular formula is C18H14N2O5. The third kappa shape index (κ3) is 4.65. The van der Waals surface area contributed by atoms with E-state index in [-0.39, 0.29) is 17.5 Å². The van der Waals surface area contributed by atoms with Crippen molar-refractivity contribution in [3.05, 3.63) is 70.8 Å². The summed E-state index contributed by atoms with van der Waals surface area (Å²) in [6.45, 7) is 0. The molecule has 0 fully saturated rings. The highest BCUT2D eigenvalue weighted by molar-refractivity contribution is 5.96. The molecule has 25 heavy (non-hydrogen) atoms. The average Bonchev–Trinajstić information content (AvgIpc) is 2.61. The van der Waals surface area contributed by atoms with Crippen LogP contribution in [0.1, 0.15) is 31.8 Å². The Morgan fingerprint density at radius 3 is 2.00 bits per heavy atom. The second-order valence-corrected chi connectivity index (χ2v) is 5.26. The molecule has 7 heteroatoms. The molecule has 0 unspecified atom stereocenters. The lowest BCUT2D eigenvalue weighted by molar-refractivity contribution is -0.139. The SMILES string of the molecule is N#Cc1ccc(C(=O)N[C@@H](Cc2ccc(C(=O)O)cc2)C(=O)O)cc1. The van der Waals surface area contributed by atoms with Crippen LogP contribution in [0, 0.1) is 11.3 Å². The molecule has 2 aromatic carbocycles. The van der Waals surface area contributed by atoms with E-state index in [1.807, 2.05) is 6.07 Å². The predicted octanol–water partition coefficient (Wildman–Crippen LogP) is 1.68. The molecule has 0 saturated carbocycles. The lowest BCUT2D eigenvalue weighted by atomic mass is 10.0. The molecule has 2 aromatic rings. The molecule has 0 aliphatic carbocycles. The number of carbonyl (C=O) groups is 3. The Hall–Kier alpha value is -3.66. The summed E-state index contributed by atoms with van der Waals surface area (Å²) in [6.07, 6.45) is 0.0112. The second-order valence-electron chi connectivity index (χ2n) is 5.26. The third-order valence-electron chi connectivity index (χ3n) is 3.52. The first-order valence-corrected chi connectivity index (χ1v) is 7.27. The van der Waals surface area contributed by atoms with E-state index < -0.39 is 23.9 Å². The van der Waals surface area contributed by atoms with Gasteiger partial charge in [-0.25, -0.2) is 9.59 Å². The van der Waals surface area contributed by atoms with Crippen molar-refractivity contribution < 1.29 is 24.6 Å². The first-order valence-electron chi connectivity index (χ1n) is 7.27. The van der Waals surface area contributed by atoms with Crippen molar-refractivity contribution in [3.8, 4) is 6.07 Å². The predicted molar refractivity (Wildman–Crippen MR) is 87.2 cm³/mol. The summed E-state index contributed by atoms with van der Waals surface area (Å²) in [5, 5.41) is 29.3. The minimum atomic E-state index is -1.20. The molecular weight excluding hydrogens is 324 g/mol. The van der Waals surface area contributed by atoms with E-state index in [0.717, 1.165) is 0 Å². The number of carboxylic acid groups (broad SMARTS) is 2. The Morgan fingerprint density at radius 2 is 1.52 bits per heavy atom. The number of carbonyl (C=O) groups excluding carboxylic acids is 1. The van der Waals surface area contributed by atoms with Crippen LogP contribution in [-0.2, 0) is 11.2 Å². The van der Waals surface area contributed by atoms with E-state index >= 15 is 0 Å². The Balaban J connectivity index is 2.09. The number of hydrogen-bond donors (Lipinski definition) is 3. The van der Waals surface area contributed by atoms with Crippen LogP contribution in [0.25, 0.3) is 0 Å². The first kappa shape index (κ1) is 17.7. The zero-order valence-electron chi connectivity index (χ0n) is 13.0. The normalized spacial score (nSPS) is 11.2. The van der Waals surface area contributed by atoms with Crippen molar-refractivity contribution >= 4 is 17.8 Å². The van der Waals surface area contributed by atoms with Crippen LogP contribution in [0.15, 0.2) is 48.5 Å². The largest absolute Gasteiger partial charge is 0.480 e. The first-order chi connectivity index (χ1) is 11.9. The van der Waals surface area contributed by atoms with Crippen LogP contribution in [-0.4, -0.2) is 34.1 Å². The van der Waals surface area contributed by atoms with Gasteiger partial charge in [0, 0.05) is 12.0 Å². The van der Waals surface area contributed by atoms with Gasteiger partial charge in [-0.15, -0.1) is 0 Å². The van der Waals surface area contributed by atoms with E-state index in [4.69, 9.17) is 10.4 Å². The van der Waals surface area contributed by atoms with E-state index in [9.17, 15) is 19.5 Å². The number of rotatable bonds is 6. The molecule has 1 atom stereocenters. The van der Waals surface area contributed by atoms with Crippen molar-refractivity contribution in [1.82, 2.24) is 5.32 Å². The summed E-state index contributed by atoms with van der Waals surface area (Å²) in [6, 6.07) is 12.3. The highest BCUT2D eigenvalue weighted by Crippen LogP contribution is 2.09. The van der Waals surface area contributed by atoms with E-state index in [1.54, 1.807) is 0 Å². The summed E-state index contributed by atoms with van der Waals surface area (Å²) in [4.78, 5) is 34.4. The molecule has 0 aliphatic heterocycles. The van der Waals surface area contributed by atoms with E-state index in [0.29, 0.717) is 11.1 Å². The van der Waals surface area contributed by atoms with Crippen molar-refractivity contribution in [2.45, 2.75) is 12.5 Å². The number of aliphatic carboxylic acids is 1. The minimum absolute atomic E-state index is 0.0112. The van der Waals surface area contributed by atoms with Crippen LogP contribution in [0.3, 0.4) is 0 Å². The molecule has 0 saturated heterocycles. The maximum absolute atomic E-state index is 12.2. The Morgan fingerprint density at radius 1 is 0.960 bits per heavy atom. The summed E-state index contributed by atoms with van der Waals surface area (Å²) in [5.74, 6) is -2.85. The van der Waals surface area contributed by atoms with Gasteiger partial charge < -0.3 is 15.5 Å². The number of hydrogen-bond acceptors (Lipinski definition) is 4. The van der Waals surface area contributed by atoms with Gasteiger partial charge in [0.25, 0.3) is 5.91 Å². The molecule has 3 N–H and O–H groups in total. The lowest BCUT2D eigenvalue weighted by Gasteiger charge is -2.15. The van der Waals surface area contributed by atoms with Crippen LogP contribution < -0.4 is 5.32 Å². The summed E-state index contributed by atoms with van der Waals surface area (Å²) < 4.78 is 0. The highest BCUT2D eigenvalue weighted by atomic mass is 16.4. The van der Waals surface area contributed by atoms with Gasteiger partial charge >= 0.3 is 11.9 Å². The maximum Gasteiger partial charge on any atom is 0.335 e. The molecule has 0 radical (unpaired) electrons. The molecule has 0 spiro atoms. The fourth-order valence-electron chi connectivity index (χ4n) is 2.16. The molecule has 126 valence electrons. The molecule has 7 nitrogen and oxygen atoms in total. The summed E-state index contributed by atoms with van der Waals surface area (Å²) in [5.41, 5.74) is 1.31. The van der Waals surface area contributed by atoms with Gasteiger partial charge in [-0.2, -0.15) is 5.26 Å². The number of amides is 1. The number of aromatic carboxylic acids is 1. The zero-order chi connectivity index (χ0) is 18.4. The fraction of sp³-hybridized carbons (Fsp3) is 0.111. The Labute approximate surface area is 143 Å². The molecule has 0 bridgehead atoms. The highest BCUT2D eigenvalue weighted by Gasteiger charge is 2.21. The number of nitrogens with one attached hydrogen (secondary N) is 1. The monoisotopic (exact) mass is 338 g/mol. The zero-order valence-corrected chi connectivity index (χ0v) is 13.0. The van der Waals surface area contributed by atoms with Crippen LogP contribution in [0.2, 0.25) is 0 Å². The molecule has 1 amide bonds. The molecule has 0 heterocycles.